The molecule has 0 aromatic heterocycles. The Morgan fingerprint density at radius 2 is 0.625 bits per heavy atom. The van der Waals surface area contributed by atoms with E-state index in [1.165, 1.54) is 0 Å². The highest BCUT2D eigenvalue weighted by atomic mass is 19.4. The quantitative estimate of drug-likeness (QED) is 0.231. The minimum absolute atomic E-state index is 0.0837. The van der Waals surface area contributed by atoms with Crippen molar-refractivity contribution in [2.75, 3.05) is 39.9 Å². The number of anilines is 2. The molecule has 0 aliphatic rings. The number of benzene rings is 2. The van der Waals surface area contributed by atoms with Gasteiger partial charge in [0.1, 0.15) is 34.4 Å². The van der Waals surface area contributed by atoms with Crippen molar-refractivity contribution in [2.45, 2.75) is 35.5 Å². The van der Waals surface area contributed by atoms with E-state index in [1.807, 2.05) is 0 Å². The normalized spacial score (nSPS) is 13.7. The van der Waals surface area contributed by atoms with Gasteiger partial charge in [-0.15, -0.1) is 0 Å². The van der Waals surface area contributed by atoms with Gasteiger partial charge in [-0.1, -0.05) is 0 Å². The van der Waals surface area contributed by atoms with E-state index in [1.54, 1.807) is 0 Å². The molecule has 0 radical (unpaired) electrons. The first-order valence-corrected chi connectivity index (χ1v) is 10.4. The summed E-state index contributed by atoms with van der Waals surface area (Å²) in [4.78, 5) is 0. The van der Waals surface area contributed by atoms with Crippen molar-refractivity contribution in [2.24, 2.45) is 0 Å². The van der Waals surface area contributed by atoms with Crippen molar-refractivity contribution < 1.29 is 71.6 Å². The summed E-state index contributed by atoms with van der Waals surface area (Å²) in [5, 5.41) is 0. The van der Waals surface area contributed by atoms with Crippen molar-refractivity contribution >= 4 is 11.4 Å². The van der Waals surface area contributed by atoms with Gasteiger partial charge in [-0.3, -0.25) is 0 Å². The Labute approximate surface area is 217 Å². The minimum Gasteiger partial charge on any atom is -0.494 e. The number of nitrogen functional groups attached to an aromatic ring is 2. The molecule has 0 fully saturated rings. The van der Waals surface area contributed by atoms with Crippen LogP contribution < -0.4 is 30.4 Å². The van der Waals surface area contributed by atoms with E-state index in [-0.39, 0.29) is 24.3 Å². The molecule has 0 saturated heterocycles. The van der Waals surface area contributed by atoms with E-state index in [4.69, 9.17) is 11.5 Å². The van der Waals surface area contributed by atoms with Crippen LogP contribution in [0, 0.1) is 0 Å². The first-order valence-electron chi connectivity index (χ1n) is 10.4. The maximum atomic E-state index is 14.8. The van der Waals surface area contributed by atoms with Gasteiger partial charge in [-0.25, -0.2) is 0 Å². The Balaban J connectivity index is 2.74. The molecule has 0 bridgehead atoms. The number of rotatable bonds is 11. The highest BCUT2D eigenvalue weighted by Crippen LogP contribution is 2.64. The molecular formula is C22H20F12N2O4. The molecule has 0 aliphatic carbocycles. The average molecular weight is 604 g/mol. The van der Waals surface area contributed by atoms with E-state index in [9.17, 15) is 52.7 Å². The smallest absolute Gasteiger partial charge is 0.385 e. The first-order chi connectivity index (χ1) is 18.0. The van der Waals surface area contributed by atoms with Crippen LogP contribution in [0.1, 0.15) is 11.1 Å². The summed E-state index contributed by atoms with van der Waals surface area (Å²) in [6, 6.07) is -0.335. The second-order valence-electron chi connectivity index (χ2n) is 8.04. The Kier molecular flexibility index (Phi) is 8.23. The lowest BCUT2D eigenvalue weighted by atomic mass is 9.86. The van der Waals surface area contributed by atoms with Gasteiger partial charge in [0.2, 0.25) is 0 Å². The predicted molar refractivity (Wildman–Crippen MR) is 115 cm³/mol. The van der Waals surface area contributed by atoms with E-state index >= 15 is 0 Å². The van der Waals surface area contributed by atoms with Crippen LogP contribution in [0.25, 0.3) is 0 Å². The molecule has 2 aromatic rings. The van der Waals surface area contributed by atoms with Gasteiger partial charge >= 0.3 is 35.5 Å². The summed E-state index contributed by atoms with van der Waals surface area (Å²) in [6.07, 6.45) is 0. The van der Waals surface area contributed by atoms with Crippen LogP contribution in [0.3, 0.4) is 0 Å². The van der Waals surface area contributed by atoms with Crippen LogP contribution in [0.4, 0.5) is 64.1 Å². The van der Waals surface area contributed by atoms with E-state index < -0.39 is 81.0 Å². The van der Waals surface area contributed by atoms with Crippen LogP contribution in [-0.2, 0) is 11.8 Å². The number of hydrogen-bond donors (Lipinski definition) is 2. The molecule has 226 valence electrons. The number of hydrogen-bond acceptors (Lipinski definition) is 6. The fourth-order valence-corrected chi connectivity index (χ4v) is 3.39. The van der Waals surface area contributed by atoms with Crippen LogP contribution in [0.2, 0.25) is 0 Å². The number of methoxy groups -OCH3 is 4. The number of alkyl halides is 12. The van der Waals surface area contributed by atoms with E-state index in [0.717, 1.165) is 28.4 Å². The Morgan fingerprint density at radius 3 is 0.800 bits per heavy atom. The van der Waals surface area contributed by atoms with Crippen molar-refractivity contribution in [1.29, 1.82) is 0 Å². The summed E-state index contributed by atoms with van der Waals surface area (Å²) in [7, 11) is 3.05. The lowest BCUT2D eigenvalue weighted by Crippen LogP contribution is -2.69. The van der Waals surface area contributed by atoms with E-state index in [2.05, 4.69) is 18.9 Å². The number of halogens is 12. The molecule has 0 amide bonds. The summed E-state index contributed by atoms with van der Waals surface area (Å²) in [6.45, 7) is 0. The lowest BCUT2D eigenvalue weighted by Gasteiger charge is -2.41. The molecule has 2 rings (SSSR count). The number of ether oxygens (including phenoxy) is 4. The van der Waals surface area contributed by atoms with Crippen molar-refractivity contribution in [3.05, 3.63) is 35.4 Å². The maximum Gasteiger partial charge on any atom is 0.385 e. The summed E-state index contributed by atoms with van der Waals surface area (Å²) in [5.41, 5.74) is 5.21. The van der Waals surface area contributed by atoms with Crippen molar-refractivity contribution in [1.82, 2.24) is 0 Å². The maximum absolute atomic E-state index is 14.8. The lowest BCUT2D eigenvalue weighted by molar-refractivity contribution is -0.429. The Bertz CT molecular complexity index is 1110. The molecule has 0 aliphatic heterocycles. The second-order valence-corrected chi connectivity index (χ2v) is 8.04. The Hall–Kier alpha value is -3.60. The van der Waals surface area contributed by atoms with Gasteiger partial charge in [0.25, 0.3) is 0 Å². The molecule has 0 saturated carbocycles. The zero-order valence-corrected chi connectivity index (χ0v) is 20.6. The van der Waals surface area contributed by atoms with Crippen LogP contribution in [0.15, 0.2) is 24.3 Å². The standard InChI is InChI=1S/C22H20F12N2O4/c1-37-11-5-9(6-12(38-2)15(11)35)17(23,24)19(27,28)21(31,32)22(33,34)20(29,30)18(25,26)10-7-13(39-3)16(36)14(8-10)40-4/h5-8H,35-36H2,1-4H3. The molecule has 18 heteroatoms. The highest BCUT2D eigenvalue weighted by Gasteiger charge is 2.90. The molecule has 0 atom stereocenters. The molecule has 6 nitrogen and oxygen atoms in total. The van der Waals surface area contributed by atoms with Crippen molar-refractivity contribution in [3.63, 3.8) is 0 Å². The monoisotopic (exact) mass is 604 g/mol. The summed E-state index contributed by atoms with van der Waals surface area (Å²) in [5.74, 6) is -46.9. The second kappa shape index (κ2) is 10.1. The first kappa shape index (κ1) is 32.6. The zero-order valence-electron chi connectivity index (χ0n) is 20.6. The fraction of sp³-hybridized carbons (Fsp3) is 0.455. The third kappa shape index (κ3) is 4.40. The molecule has 40 heavy (non-hydrogen) atoms. The largest absolute Gasteiger partial charge is 0.494 e. The van der Waals surface area contributed by atoms with Gasteiger partial charge in [0.05, 0.1) is 28.4 Å². The van der Waals surface area contributed by atoms with Gasteiger partial charge in [0, 0.05) is 11.1 Å². The molecule has 4 N–H and O–H groups in total. The topological polar surface area (TPSA) is 89.0 Å². The Morgan fingerprint density at radius 1 is 0.425 bits per heavy atom. The molecule has 2 aromatic carbocycles. The summed E-state index contributed by atoms with van der Waals surface area (Å²) >= 11 is 0. The van der Waals surface area contributed by atoms with Gasteiger partial charge in [-0.05, 0) is 24.3 Å². The zero-order chi connectivity index (χ0) is 31.3. The van der Waals surface area contributed by atoms with Crippen molar-refractivity contribution in [3.8, 4) is 23.0 Å². The fourth-order valence-electron chi connectivity index (χ4n) is 3.39. The summed E-state index contributed by atoms with van der Waals surface area (Å²) < 4.78 is 194. The average Bonchev–Trinajstić information content (AvgIpc) is 2.87. The SMILES string of the molecule is COc1cc(C(F)(F)C(F)(F)C(F)(F)C(F)(F)C(F)(F)C(F)(F)c2cc(OC)c(N)c(OC)c2)cc(OC)c1N. The minimum atomic E-state index is -7.83. The van der Waals surface area contributed by atoms with Gasteiger partial charge in [-0.2, -0.15) is 52.7 Å². The molecule has 0 spiro atoms. The molecular weight excluding hydrogens is 584 g/mol. The van der Waals surface area contributed by atoms with Gasteiger partial charge in [0.15, 0.2) is 0 Å². The molecule has 0 heterocycles. The third-order valence-electron chi connectivity index (χ3n) is 5.78. The predicted octanol–water partition coefficient (Wildman–Crippen LogP) is 6.31. The van der Waals surface area contributed by atoms with Crippen LogP contribution >= 0.6 is 0 Å². The third-order valence-corrected chi connectivity index (χ3v) is 5.78. The van der Waals surface area contributed by atoms with Crippen LogP contribution in [-0.4, -0.2) is 52.1 Å². The van der Waals surface area contributed by atoms with Crippen LogP contribution in [0.5, 0.6) is 23.0 Å². The van der Waals surface area contributed by atoms with Gasteiger partial charge < -0.3 is 30.4 Å². The molecule has 0 unspecified atom stereocenters. The number of nitrogens with two attached hydrogens (primary N) is 2. The highest BCUT2D eigenvalue weighted by molar-refractivity contribution is 5.66. The van der Waals surface area contributed by atoms with E-state index in [0.29, 0.717) is 0 Å².